The fourth-order valence-electron chi connectivity index (χ4n) is 3.11. The van der Waals surface area contributed by atoms with Gasteiger partial charge in [-0.3, -0.25) is 9.69 Å². The highest BCUT2D eigenvalue weighted by Gasteiger charge is 2.25. The number of carbonyl (C=O) groups is 2. The molecule has 1 aliphatic heterocycles. The lowest BCUT2D eigenvalue weighted by Gasteiger charge is -2.19. The van der Waals surface area contributed by atoms with Gasteiger partial charge in [-0.25, -0.2) is 14.8 Å². The van der Waals surface area contributed by atoms with E-state index >= 15 is 0 Å². The summed E-state index contributed by atoms with van der Waals surface area (Å²) in [7, 11) is 0. The molecule has 0 aliphatic carbocycles. The number of amides is 1. The second kappa shape index (κ2) is 8.28. The van der Waals surface area contributed by atoms with Gasteiger partial charge in [0.25, 0.3) is 0 Å². The zero-order chi connectivity index (χ0) is 22.1. The second-order valence-electron chi connectivity index (χ2n) is 7.38. The first-order valence-electron chi connectivity index (χ1n) is 9.75. The summed E-state index contributed by atoms with van der Waals surface area (Å²) >= 11 is 1.32. The number of rotatable bonds is 4. The molecule has 0 radical (unpaired) electrons. The quantitative estimate of drug-likeness (QED) is 0.426. The van der Waals surface area contributed by atoms with Gasteiger partial charge in [0, 0.05) is 17.9 Å². The van der Waals surface area contributed by atoms with Crippen molar-refractivity contribution in [3.8, 4) is 0 Å². The summed E-state index contributed by atoms with van der Waals surface area (Å²) in [4.78, 5) is 35.1. The number of aryl methyl sites for hydroxylation is 3. The third-order valence-electron chi connectivity index (χ3n) is 4.97. The lowest BCUT2D eigenvalue weighted by atomic mass is 10.1. The maximum absolute atomic E-state index is 12.4. The predicted molar refractivity (Wildman–Crippen MR) is 123 cm³/mol. The van der Waals surface area contributed by atoms with Crippen LogP contribution in [0.1, 0.15) is 34.9 Å². The van der Waals surface area contributed by atoms with Crippen LogP contribution in [0.2, 0.25) is 0 Å². The minimum absolute atomic E-state index is 0.142. The summed E-state index contributed by atoms with van der Waals surface area (Å²) in [5.41, 5.74) is 5.55. The number of hydrogen-bond acceptors (Lipinski definition) is 6. The molecule has 31 heavy (non-hydrogen) atoms. The molecule has 0 spiro atoms. The van der Waals surface area contributed by atoms with Crippen molar-refractivity contribution in [2.45, 2.75) is 27.7 Å². The summed E-state index contributed by atoms with van der Waals surface area (Å²) in [6.07, 6.45) is 1.57. The van der Waals surface area contributed by atoms with E-state index in [9.17, 15) is 9.59 Å². The average molecular weight is 432 g/mol. The van der Waals surface area contributed by atoms with Crippen molar-refractivity contribution in [1.82, 2.24) is 4.98 Å². The van der Waals surface area contributed by atoms with Crippen molar-refractivity contribution in [2.75, 3.05) is 4.90 Å². The molecule has 0 fully saturated rings. The van der Waals surface area contributed by atoms with Gasteiger partial charge in [0.2, 0.25) is 11.8 Å². The number of anilines is 2. The van der Waals surface area contributed by atoms with Gasteiger partial charge < -0.3 is 4.74 Å². The van der Waals surface area contributed by atoms with Crippen molar-refractivity contribution in [1.29, 1.82) is 0 Å². The van der Waals surface area contributed by atoms with Crippen LogP contribution in [-0.2, 0) is 14.3 Å². The van der Waals surface area contributed by atoms with Crippen molar-refractivity contribution in [3.63, 3.8) is 0 Å². The number of esters is 1. The first-order chi connectivity index (χ1) is 14.8. The van der Waals surface area contributed by atoms with Gasteiger partial charge in [0.05, 0.1) is 11.4 Å². The van der Waals surface area contributed by atoms with Gasteiger partial charge in [-0.05, 0) is 62.2 Å². The fraction of sp³-hybridized carbons (Fsp3) is 0.167. The number of carbonyl (C=O) groups excluding carboxylic acids is 2. The van der Waals surface area contributed by atoms with Crippen molar-refractivity contribution in [2.24, 2.45) is 4.99 Å². The predicted octanol–water partition coefficient (Wildman–Crippen LogP) is 5.10. The number of hydrogen-bond donors (Lipinski definition) is 0. The molecule has 6 nitrogen and oxygen atoms in total. The Kier molecular flexibility index (Phi) is 5.52. The van der Waals surface area contributed by atoms with E-state index in [0.717, 1.165) is 27.9 Å². The standard InChI is InChI=1S/C24H21N3O3S/c1-14-5-8-18(9-6-14)22-26-21(23(29)30-22)12-19-13-31-24(25-19)27(17(4)28)20-10-7-15(2)16(3)11-20/h5-13H,1-4H3/b21-12-. The molecule has 0 saturated carbocycles. The van der Waals surface area contributed by atoms with E-state index in [1.54, 1.807) is 16.4 Å². The zero-order valence-electron chi connectivity index (χ0n) is 17.7. The van der Waals surface area contributed by atoms with E-state index in [1.807, 2.05) is 63.2 Å². The first kappa shape index (κ1) is 20.7. The van der Waals surface area contributed by atoms with E-state index < -0.39 is 5.97 Å². The Bertz CT molecular complexity index is 1240. The average Bonchev–Trinajstić information content (AvgIpc) is 3.32. The molecule has 156 valence electrons. The molecule has 0 unspecified atom stereocenters. The molecule has 1 amide bonds. The molecule has 4 rings (SSSR count). The lowest BCUT2D eigenvalue weighted by molar-refractivity contribution is -0.130. The smallest absolute Gasteiger partial charge is 0.363 e. The molecule has 0 atom stereocenters. The molecule has 0 saturated heterocycles. The second-order valence-corrected chi connectivity index (χ2v) is 8.22. The van der Waals surface area contributed by atoms with Crippen LogP contribution in [-0.4, -0.2) is 22.8 Å². The number of aliphatic imine (C=N–C) groups is 1. The molecular weight excluding hydrogens is 410 g/mol. The van der Waals surface area contributed by atoms with E-state index in [4.69, 9.17) is 4.74 Å². The van der Waals surface area contributed by atoms with Gasteiger partial charge in [0.15, 0.2) is 10.8 Å². The summed E-state index contributed by atoms with van der Waals surface area (Å²) in [5, 5.41) is 2.31. The SMILES string of the molecule is CC(=O)N(c1ccc(C)c(C)c1)c1nc(/C=C2\N=C(c3ccc(C)cc3)OC2=O)cs1. The number of benzene rings is 2. The van der Waals surface area contributed by atoms with E-state index in [2.05, 4.69) is 9.98 Å². The zero-order valence-corrected chi connectivity index (χ0v) is 18.5. The Morgan fingerprint density at radius 1 is 1.06 bits per heavy atom. The Balaban J connectivity index is 1.63. The molecule has 1 aromatic heterocycles. The Morgan fingerprint density at radius 3 is 2.48 bits per heavy atom. The maximum atomic E-state index is 12.4. The minimum atomic E-state index is -0.525. The number of cyclic esters (lactones) is 1. The molecule has 1 aliphatic rings. The van der Waals surface area contributed by atoms with Crippen molar-refractivity contribution < 1.29 is 14.3 Å². The summed E-state index contributed by atoms with van der Waals surface area (Å²) < 4.78 is 5.31. The van der Waals surface area contributed by atoms with Crippen LogP contribution in [0.25, 0.3) is 6.08 Å². The van der Waals surface area contributed by atoms with Crippen molar-refractivity contribution in [3.05, 3.63) is 81.5 Å². The van der Waals surface area contributed by atoms with Crippen LogP contribution >= 0.6 is 11.3 Å². The monoisotopic (exact) mass is 431 g/mol. The van der Waals surface area contributed by atoms with Crippen LogP contribution in [0, 0.1) is 20.8 Å². The molecular formula is C24H21N3O3S. The third kappa shape index (κ3) is 4.32. The lowest BCUT2D eigenvalue weighted by Crippen LogP contribution is -2.22. The normalized spacial score (nSPS) is 14.5. The number of ether oxygens (including phenoxy) is 1. The minimum Gasteiger partial charge on any atom is -0.402 e. The third-order valence-corrected chi connectivity index (χ3v) is 5.81. The Hall–Kier alpha value is -3.58. The van der Waals surface area contributed by atoms with E-state index in [1.165, 1.54) is 18.3 Å². The van der Waals surface area contributed by atoms with Crippen LogP contribution in [0.3, 0.4) is 0 Å². The van der Waals surface area contributed by atoms with Crippen LogP contribution in [0.15, 0.2) is 58.5 Å². The summed E-state index contributed by atoms with van der Waals surface area (Å²) in [6, 6.07) is 13.4. The first-order valence-corrected chi connectivity index (χ1v) is 10.6. The molecule has 0 bridgehead atoms. The van der Waals surface area contributed by atoms with Gasteiger partial charge in [-0.2, -0.15) is 0 Å². The topological polar surface area (TPSA) is 71.9 Å². The maximum Gasteiger partial charge on any atom is 0.363 e. The van der Waals surface area contributed by atoms with Crippen LogP contribution < -0.4 is 4.90 Å². The van der Waals surface area contributed by atoms with Gasteiger partial charge in [-0.1, -0.05) is 23.8 Å². The highest BCUT2D eigenvalue weighted by molar-refractivity contribution is 7.14. The Morgan fingerprint density at radius 2 is 1.81 bits per heavy atom. The number of thiazole rings is 1. The van der Waals surface area contributed by atoms with Crippen molar-refractivity contribution >= 4 is 46.0 Å². The highest BCUT2D eigenvalue weighted by atomic mass is 32.1. The van der Waals surface area contributed by atoms with Crippen LogP contribution in [0.5, 0.6) is 0 Å². The molecule has 2 heterocycles. The van der Waals surface area contributed by atoms with E-state index in [0.29, 0.717) is 10.8 Å². The molecule has 7 heteroatoms. The number of aromatic nitrogens is 1. The van der Waals surface area contributed by atoms with E-state index in [-0.39, 0.29) is 17.5 Å². The molecule has 0 N–H and O–H groups in total. The number of nitrogens with zero attached hydrogens (tertiary/aromatic N) is 3. The van der Waals surface area contributed by atoms with Crippen LogP contribution in [0.4, 0.5) is 10.8 Å². The van der Waals surface area contributed by atoms with Gasteiger partial charge >= 0.3 is 5.97 Å². The Labute approximate surface area is 184 Å². The molecule has 3 aromatic rings. The summed E-state index contributed by atoms with van der Waals surface area (Å²) in [5.74, 6) is -0.397. The van der Waals surface area contributed by atoms with Gasteiger partial charge in [0.1, 0.15) is 0 Å². The molecule has 2 aromatic carbocycles. The highest BCUT2D eigenvalue weighted by Crippen LogP contribution is 2.31. The summed E-state index contributed by atoms with van der Waals surface area (Å²) in [6.45, 7) is 7.52. The van der Waals surface area contributed by atoms with Gasteiger partial charge in [-0.15, -0.1) is 11.3 Å². The fourth-order valence-corrected chi connectivity index (χ4v) is 3.95. The largest absolute Gasteiger partial charge is 0.402 e.